The molecule has 0 aliphatic carbocycles. The summed E-state index contributed by atoms with van der Waals surface area (Å²) in [5.74, 6) is -0.137. The van der Waals surface area contributed by atoms with Crippen LogP contribution >= 0.6 is 11.6 Å². The van der Waals surface area contributed by atoms with Gasteiger partial charge in [-0.15, -0.1) is 16.7 Å². The smallest absolute Gasteiger partial charge is 0.258 e. The SMILES string of the molecule is O=C(Nc1nc2nc(CCl)cc(O)n2n1)c1ccccc1. The van der Waals surface area contributed by atoms with Crippen molar-refractivity contribution in [1.82, 2.24) is 19.6 Å². The number of rotatable bonds is 3. The number of aromatic hydroxyl groups is 1. The Morgan fingerprint density at radius 1 is 1.29 bits per heavy atom. The summed E-state index contributed by atoms with van der Waals surface area (Å²) in [7, 11) is 0. The van der Waals surface area contributed by atoms with Crippen molar-refractivity contribution in [2.24, 2.45) is 0 Å². The minimum Gasteiger partial charge on any atom is -0.493 e. The molecule has 0 bridgehead atoms. The molecule has 21 heavy (non-hydrogen) atoms. The number of anilines is 1. The average Bonchev–Trinajstić information content (AvgIpc) is 2.91. The summed E-state index contributed by atoms with van der Waals surface area (Å²) < 4.78 is 1.12. The fourth-order valence-electron chi connectivity index (χ4n) is 1.79. The van der Waals surface area contributed by atoms with Crippen LogP contribution in [0.2, 0.25) is 0 Å². The molecule has 0 saturated carbocycles. The van der Waals surface area contributed by atoms with Crippen LogP contribution in [0.15, 0.2) is 36.4 Å². The van der Waals surface area contributed by atoms with E-state index in [0.717, 1.165) is 4.52 Å². The normalized spacial score (nSPS) is 10.7. The third kappa shape index (κ3) is 2.63. The third-order valence-corrected chi connectivity index (χ3v) is 3.02. The van der Waals surface area contributed by atoms with Gasteiger partial charge in [0.2, 0.25) is 5.88 Å². The highest BCUT2D eigenvalue weighted by Gasteiger charge is 2.13. The third-order valence-electron chi connectivity index (χ3n) is 2.74. The van der Waals surface area contributed by atoms with E-state index in [-0.39, 0.29) is 29.4 Å². The summed E-state index contributed by atoms with van der Waals surface area (Å²) in [6.07, 6.45) is 0. The molecule has 3 rings (SSSR count). The summed E-state index contributed by atoms with van der Waals surface area (Å²) in [6.45, 7) is 0. The lowest BCUT2D eigenvalue weighted by Crippen LogP contribution is -2.12. The van der Waals surface area contributed by atoms with Gasteiger partial charge in [0, 0.05) is 11.6 Å². The predicted molar refractivity (Wildman–Crippen MR) is 76.4 cm³/mol. The lowest BCUT2D eigenvalue weighted by Gasteiger charge is -1.99. The predicted octanol–water partition coefficient (Wildman–Crippen LogP) is 1.82. The molecule has 1 amide bonds. The number of benzene rings is 1. The summed E-state index contributed by atoms with van der Waals surface area (Å²) in [6, 6.07) is 10.1. The Balaban J connectivity index is 1.91. The number of hydrogen-bond acceptors (Lipinski definition) is 5. The molecule has 0 fully saturated rings. The van der Waals surface area contributed by atoms with E-state index in [4.69, 9.17) is 11.6 Å². The van der Waals surface area contributed by atoms with E-state index in [1.165, 1.54) is 6.07 Å². The number of carbonyl (C=O) groups is 1. The first-order valence-electron chi connectivity index (χ1n) is 6.05. The number of nitrogens with one attached hydrogen (secondary N) is 1. The number of halogens is 1. The van der Waals surface area contributed by atoms with Crippen molar-refractivity contribution in [2.75, 3.05) is 5.32 Å². The zero-order chi connectivity index (χ0) is 14.8. The van der Waals surface area contributed by atoms with Crippen LogP contribution in [0.25, 0.3) is 5.78 Å². The van der Waals surface area contributed by atoms with Crippen molar-refractivity contribution in [3.63, 3.8) is 0 Å². The molecule has 1 aromatic carbocycles. The maximum atomic E-state index is 12.0. The van der Waals surface area contributed by atoms with Gasteiger partial charge in [-0.3, -0.25) is 10.1 Å². The van der Waals surface area contributed by atoms with Crippen molar-refractivity contribution in [2.45, 2.75) is 5.88 Å². The summed E-state index contributed by atoms with van der Waals surface area (Å²) in [4.78, 5) is 20.1. The molecule has 2 heterocycles. The minimum atomic E-state index is -0.344. The van der Waals surface area contributed by atoms with Gasteiger partial charge in [-0.1, -0.05) is 18.2 Å². The highest BCUT2D eigenvalue weighted by atomic mass is 35.5. The van der Waals surface area contributed by atoms with Gasteiger partial charge in [-0.2, -0.15) is 9.50 Å². The van der Waals surface area contributed by atoms with Gasteiger partial charge in [0.05, 0.1) is 11.6 Å². The average molecular weight is 304 g/mol. The molecule has 7 nitrogen and oxygen atoms in total. The Morgan fingerprint density at radius 3 is 2.76 bits per heavy atom. The zero-order valence-corrected chi connectivity index (χ0v) is 11.4. The highest BCUT2D eigenvalue weighted by Crippen LogP contribution is 2.15. The van der Waals surface area contributed by atoms with E-state index in [1.54, 1.807) is 24.3 Å². The summed E-state index contributed by atoms with van der Waals surface area (Å²) in [5, 5.41) is 16.3. The lowest BCUT2D eigenvalue weighted by atomic mass is 10.2. The fraction of sp³-hybridized carbons (Fsp3) is 0.0769. The molecule has 0 unspecified atom stereocenters. The van der Waals surface area contributed by atoms with Crippen molar-refractivity contribution in [3.05, 3.63) is 47.7 Å². The molecular weight excluding hydrogens is 294 g/mol. The molecule has 0 aliphatic rings. The molecular formula is C13H10ClN5O2. The standard InChI is InChI=1S/C13H10ClN5O2/c14-7-9-6-10(20)19-13(15-9)17-12(18-19)16-11(21)8-4-2-1-3-5-8/h1-6,20H,7H2,(H,16,18,21). The number of nitrogens with zero attached hydrogens (tertiary/aromatic N) is 4. The van der Waals surface area contributed by atoms with Crippen LogP contribution in [0.4, 0.5) is 5.95 Å². The maximum absolute atomic E-state index is 12.0. The van der Waals surface area contributed by atoms with E-state index < -0.39 is 0 Å². The van der Waals surface area contributed by atoms with Crippen LogP contribution in [0.1, 0.15) is 16.1 Å². The van der Waals surface area contributed by atoms with Crippen molar-refractivity contribution < 1.29 is 9.90 Å². The van der Waals surface area contributed by atoms with Gasteiger partial charge in [0.1, 0.15) is 0 Å². The largest absolute Gasteiger partial charge is 0.493 e. The maximum Gasteiger partial charge on any atom is 0.258 e. The van der Waals surface area contributed by atoms with Crippen LogP contribution in [-0.4, -0.2) is 30.6 Å². The van der Waals surface area contributed by atoms with Gasteiger partial charge in [0.25, 0.3) is 17.6 Å². The second kappa shape index (κ2) is 5.37. The first kappa shape index (κ1) is 13.3. The molecule has 106 valence electrons. The molecule has 0 radical (unpaired) electrons. The van der Waals surface area contributed by atoms with Gasteiger partial charge < -0.3 is 5.11 Å². The van der Waals surface area contributed by atoms with E-state index in [1.807, 2.05) is 6.07 Å². The molecule has 8 heteroatoms. The Labute approximate surface area is 124 Å². The molecule has 0 aliphatic heterocycles. The van der Waals surface area contributed by atoms with Crippen molar-refractivity contribution in [3.8, 4) is 5.88 Å². The van der Waals surface area contributed by atoms with Crippen molar-refractivity contribution in [1.29, 1.82) is 0 Å². The number of carbonyl (C=O) groups excluding carboxylic acids is 1. The van der Waals surface area contributed by atoms with Crippen LogP contribution < -0.4 is 5.32 Å². The number of aromatic nitrogens is 4. The van der Waals surface area contributed by atoms with Gasteiger partial charge in [-0.25, -0.2) is 4.98 Å². The quantitative estimate of drug-likeness (QED) is 0.720. The van der Waals surface area contributed by atoms with Crippen LogP contribution in [-0.2, 0) is 5.88 Å². The Kier molecular flexibility index (Phi) is 3.41. The summed E-state index contributed by atoms with van der Waals surface area (Å²) in [5.41, 5.74) is 0.949. The fourth-order valence-corrected chi connectivity index (χ4v) is 1.92. The molecule has 0 spiro atoms. The Bertz CT molecular complexity index is 803. The van der Waals surface area contributed by atoms with Gasteiger partial charge in [0.15, 0.2) is 0 Å². The topological polar surface area (TPSA) is 92.4 Å². The lowest BCUT2D eigenvalue weighted by molar-refractivity contribution is 0.102. The summed E-state index contributed by atoms with van der Waals surface area (Å²) >= 11 is 5.67. The first-order valence-corrected chi connectivity index (χ1v) is 6.59. The molecule has 0 atom stereocenters. The highest BCUT2D eigenvalue weighted by molar-refractivity contribution is 6.16. The Hall–Kier alpha value is -2.67. The van der Waals surface area contributed by atoms with E-state index >= 15 is 0 Å². The zero-order valence-electron chi connectivity index (χ0n) is 10.7. The van der Waals surface area contributed by atoms with Crippen LogP contribution in [0.3, 0.4) is 0 Å². The van der Waals surface area contributed by atoms with Gasteiger partial charge >= 0.3 is 0 Å². The van der Waals surface area contributed by atoms with Crippen LogP contribution in [0.5, 0.6) is 5.88 Å². The second-order valence-corrected chi connectivity index (χ2v) is 4.47. The molecule has 3 aromatic rings. The van der Waals surface area contributed by atoms with E-state index in [9.17, 15) is 9.90 Å². The second-order valence-electron chi connectivity index (χ2n) is 4.21. The molecule has 2 N–H and O–H groups in total. The molecule has 0 saturated heterocycles. The molecule has 2 aromatic heterocycles. The van der Waals surface area contributed by atoms with Crippen molar-refractivity contribution >= 4 is 29.2 Å². The van der Waals surface area contributed by atoms with Gasteiger partial charge in [-0.05, 0) is 12.1 Å². The monoisotopic (exact) mass is 303 g/mol. The number of alkyl halides is 1. The van der Waals surface area contributed by atoms with Crippen LogP contribution in [0, 0.1) is 0 Å². The number of amides is 1. The Morgan fingerprint density at radius 2 is 2.05 bits per heavy atom. The number of fused-ring (bicyclic) bond motifs is 1. The van der Waals surface area contributed by atoms with E-state index in [2.05, 4.69) is 20.4 Å². The first-order chi connectivity index (χ1) is 10.2. The number of hydrogen-bond donors (Lipinski definition) is 2. The minimum absolute atomic E-state index is 0.0541. The van der Waals surface area contributed by atoms with E-state index in [0.29, 0.717) is 11.3 Å².